The molecule has 0 spiro atoms. The molecule has 0 saturated carbocycles. The van der Waals surface area contributed by atoms with E-state index >= 15 is 0 Å². The SMILES string of the molecule is CC#CC(=O)c1cccc(Oc2ccccc2)c1. The third-order valence-electron chi connectivity index (χ3n) is 2.31. The summed E-state index contributed by atoms with van der Waals surface area (Å²) < 4.78 is 5.65. The van der Waals surface area contributed by atoms with Crippen LogP contribution in [0.15, 0.2) is 54.6 Å². The van der Waals surface area contributed by atoms with E-state index in [1.807, 2.05) is 36.4 Å². The first-order valence-electron chi connectivity index (χ1n) is 5.59. The zero-order valence-corrected chi connectivity index (χ0v) is 10.0. The Morgan fingerprint density at radius 1 is 1.00 bits per heavy atom. The minimum Gasteiger partial charge on any atom is -0.457 e. The molecule has 0 unspecified atom stereocenters. The van der Waals surface area contributed by atoms with E-state index in [1.54, 1.807) is 25.1 Å². The van der Waals surface area contributed by atoms with Gasteiger partial charge in [-0.15, -0.1) is 0 Å². The van der Waals surface area contributed by atoms with Gasteiger partial charge in [0.15, 0.2) is 0 Å². The highest BCUT2D eigenvalue weighted by atomic mass is 16.5. The quantitative estimate of drug-likeness (QED) is 0.461. The van der Waals surface area contributed by atoms with E-state index in [2.05, 4.69) is 11.8 Å². The van der Waals surface area contributed by atoms with Gasteiger partial charge in [-0.3, -0.25) is 4.79 Å². The number of rotatable bonds is 3. The summed E-state index contributed by atoms with van der Waals surface area (Å²) in [5.41, 5.74) is 0.540. The molecule has 0 bridgehead atoms. The van der Waals surface area contributed by atoms with Crippen LogP contribution in [-0.4, -0.2) is 5.78 Å². The Morgan fingerprint density at radius 3 is 2.44 bits per heavy atom. The summed E-state index contributed by atoms with van der Waals surface area (Å²) in [5.74, 6) is 6.27. The molecule has 2 aromatic rings. The smallest absolute Gasteiger partial charge is 0.236 e. The van der Waals surface area contributed by atoms with Crippen LogP contribution in [0.1, 0.15) is 17.3 Å². The number of benzene rings is 2. The zero-order valence-electron chi connectivity index (χ0n) is 10.0. The van der Waals surface area contributed by atoms with E-state index in [4.69, 9.17) is 4.74 Å². The Kier molecular flexibility index (Phi) is 3.78. The van der Waals surface area contributed by atoms with Crippen LogP contribution in [0.25, 0.3) is 0 Å². The topological polar surface area (TPSA) is 26.3 Å². The fourth-order valence-electron chi connectivity index (χ4n) is 1.51. The third kappa shape index (κ3) is 2.99. The Morgan fingerprint density at radius 2 is 1.72 bits per heavy atom. The van der Waals surface area contributed by atoms with Gasteiger partial charge in [-0.25, -0.2) is 0 Å². The molecule has 0 aliphatic rings. The molecule has 2 aromatic carbocycles. The molecule has 0 saturated heterocycles. The van der Waals surface area contributed by atoms with Crippen molar-refractivity contribution < 1.29 is 9.53 Å². The lowest BCUT2D eigenvalue weighted by Crippen LogP contribution is -1.95. The van der Waals surface area contributed by atoms with Gasteiger partial charge in [0.05, 0.1) is 0 Å². The molecule has 0 amide bonds. The highest BCUT2D eigenvalue weighted by Gasteiger charge is 2.04. The normalized spacial score (nSPS) is 9.17. The number of carbonyl (C=O) groups excluding carboxylic acids is 1. The first-order chi connectivity index (χ1) is 8.79. The molecule has 0 radical (unpaired) electrons. The summed E-state index contributed by atoms with van der Waals surface area (Å²) in [6.07, 6.45) is 0. The molecule has 0 aromatic heterocycles. The van der Waals surface area contributed by atoms with E-state index in [9.17, 15) is 4.79 Å². The maximum Gasteiger partial charge on any atom is 0.236 e. The highest BCUT2D eigenvalue weighted by Crippen LogP contribution is 2.21. The average Bonchev–Trinajstić information content (AvgIpc) is 2.40. The highest BCUT2D eigenvalue weighted by molar-refractivity contribution is 6.09. The standard InChI is InChI=1S/C16H12O2/c1-2-7-16(17)13-8-6-11-15(12-13)18-14-9-4-3-5-10-14/h3-6,8-12H,1H3. The lowest BCUT2D eigenvalue weighted by Gasteiger charge is -2.05. The van der Waals surface area contributed by atoms with Gasteiger partial charge < -0.3 is 4.74 Å². The number of hydrogen-bond acceptors (Lipinski definition) is 2. The second-order valence-corrected chi connectivity index (χ2v) is 3.65. The van der Waals surface area contributed by atoms with E-state index in [0.29, 0.717) is 11.3 Å². The minimum atomic E-state index is -0.198. The van der Waals surface area contributed by atoms with Gasteiger partial charge in [-0.2, -0.15) is 0 Å². The summed E-state index contributed by atoms with van der Waals surface area (Å²) >= 11 is 0. The molecule has 88 valence electrons. The van der Waals surface area contributed by atoms with Crippen molar-refractivity contribution in [2.75, 3.05) is 0 Å². The van der Waals surface area contributed by atoms with Gasteiger partial charge in [-0.05, 0) is 37.1 Å². The molecule has 0 N–H and O–H groups in total. The molecule has 2 rings (SSSR count). The summed E-state index contributed by atoms with van der Waals surface area (Å²) in [4.78, 5) is 11.6. The minimum absolute atomic E-state index is 0.198. The molecule has 0 atom stereocenters. The molecule has 0 aliphatic carbocycles. The largest absolute Gasteiger partial charge is 0.457 e. The van der Waals surface area contributed by atoms with Crippen LogP contribution in [0.4, 0.5) is 0 Å². The van der Waals surface area contributed by atoms with Crippen LogP contribution in [0.3, 0.4) is 0 Å². The van der Waals surface area contributed by atoms with Crippen LogP contribution in [0.2, 0.25) is 0 Å². The maximum absolute atomic E-state index is 11.6. The van der Waals surface area contributed by atoms with Crippen LogP contribution in [0, 0.1) is 11.8 Å². The van der Waals surface area contributed by atoms with Crippen molar-refractivity contribution in [2.45, 2.75) is 6.92 Å². The maximum atomic E-state index is 11.6. The Hall–Kier alpha value is -2.53. The number of para-hydroxylation sites is 1. The van der Waals surface area contributed by atoms with Crippen molar-refractivity contribution in [1.29, 1.82) is 0 Å². The van der Waals surface area contributed by atoms with Gasteiger partial charge in [0.2, 0.25) is 5.78 Å². The van der Waals surface area contributed by atoms with Gasteiger partial charge >= 0.3 is 0 Å². The predicted octanol–water partition coefficient (Wildman–Crippen LogP) is 3.68. The number of ketones is 1. The summed E-state index contributed by atoms with van der Waals surface area (Å²) in [7, 11) is 0. The van der Waals surface area contributed by atoms with Crippen molar-refractivity contribution in [3.63, 3.8) is 0 Å². The Labute approximate surface area is 106 Å². The lowest BCUT2D eigenvalue weighted by atomic mass is 10.1. The first-order valence-corrected chi connectivity index (χ1v) is 5.59. The van der Waals surface area contributed by atoms with Crippen molar-refractivity contribution in [3.8, 4) is 23.3 Å². The fraction of sp³-hybridized carbons (Fsp3) is 0.0625. The Balaban J connectivity index is 2.22. The average molecular weight is 236 g/mol. The van der Waals surface area contributed by atoms with E-state index in [-0.39, 0.29) is 5.78 Å². The number of Topliss-reactive ketones (excluding diaryl/α,β-unsaturated/α-hetero) is 1. The van der Waals surface area contributed by atoms with Gasteiger partial charge in [-0.1, -0.05) is 36.3 Å². The van der Waals surface area contributed by atoms with Crippen molar-refractivity contribution in [1.82, 2.24) is 0 Å². The summed E-state index contributed by atoms with van der Waals surface area (Å²) in [6, 6.07) is 16.4. The molecule has 2 nitrogen and oxygen atoms in total. The predicted molar refractivity (Wildman–Crippen MR) is 70.7 cm³/mol. The monoisotopic (exact) mass is 236 g/mol. The van der Waals surface area contributed by atoms with Crippen LogP contribution < -0.4 is 4.74 Å². The van der Waals surface area contributed by atoms with Gasteiger partial charge in [0.25, 0.3) is 0 Å². The molecular weight excluding hydrogens is 224 g/mol. The number of carbonyl (C=O) groups is 1. The summed E-state index contributed by atoms with van der Waals surface area (Å²) in [5, 5.41) is 0. The van der Waals surface area contributed by atoms with Crippen molar-refractivity contribution in [3.05, 3.63) is 60.2 Å². The lowest BCUT2D eigenvalue weighted by molar-refractivity contribution is 0.105. The molecule has 2 heteroatoms. The number of ether oxygens (including phenoxy) is 1. The van der Waals surface area contributed by atoms with Gasteiger partial charge in [0.1, 0.15) is 11.5 Å². The third-order valence-corrected chi connectivity index (χ3v) is 2.31. The zero-order chi connectivity index (χ0) is 12.8. The first kappa shape index (κ1) is 11.9. The van der Waals surface area contributed by atoms with E-state index in [0.717, 1.165) is 5.75 Å². The number of hydrogen-bond donors (Lipinski definition) is 0. The van der Waals surface area contributed by atoms with E-state index < -0.39 is 0 Å². The fourth-order valence-corrected chi connectivity index (χ4v) is 1.51. The molecule has 0 fully saturated rings. The van der Waals surface area contributed by atoms with Crippen LogP contribution in [-0.2, 0) is 0 Å². The second kappa shape index (κ2) is 5.70. The van der Waals surface area contributed by atoms with Crippen molar-refractivity contribution >= 4 is 5.78 Å². The molecule has 0 heterocycles. The second-order valence-electron chi connectivity index (χ2n) is 3.65. The van der Waals surface area contributed by atoms with E-state index in [1.165, 1.54) is 0 Å². The Bertz CT molecular complexity index is 604. The van der Waals surface area contributed by atoms with Crippen LogP contribution >= 0.6 is 0 Å². The molecule has 0 aliphatic heterocycles. The molecular formula is C16H12O2. The van der Waals surface area contributed by atoms with Crippen LogP contribution in [0.5, 0.6) is 11.5 Å². The summed E-state index contributed by atoms with van der Waals surface area (Å²) in [6.45, 7) is 1.64. The van der Waals surface area contributed by atoms with Gasteiger partial charge in [0, 0.05) is 5.56 Å². The van der Waals surface area contributed by atoms with Crippen molar-refractivity contribution in [2.24, 2.45) is 0 Å². The molecule has 18 heavy (non-hydrogen) atoms.